The first-order chi connectivity index (χ1) is 25.2. The number of carbonyl (C=O) groups excluding carboxylic acids is 2. The lowest BCUT2D eigenvalue weighted by molar-refractivity contribution is -0.125. The number of aryl methyl sites for hydroxylation is 1. The van der Waals surface area contributed by atoms with Crippen molar-refractivity contribution >= 4 is 45.0 Å². The predicted molar refractivity (Wildman–Crippen MR) is 199 cm³/mol. The van der Waals surface area contributed by atoms with Crippen molar-refractivity contribution < 1.29 is 32.6 Å². The number of piperidine rings is 1. The van der Waals surface area contributed by atoms with E-state index in [1.807, 2.05) is 31.2 Å². The first-order valence-corrected chi connectivity index (χ1v) is 19.0. The second-order valence-electron chi connectivity index (χ2n) is 14.7. The molecule has 0 saturated carbocycles. The predicted octanol–water partition coefficient (Wildman–Crippen LogP) is 7.25. The number of carbonyl (C=O) groups is 3. The van der Waals surface area contributed by atoms with Crippen molar-refractivity contribution in [1.29, 1.82) is 0 Å². The fraction of sp³-hybridized carbons (Fsp3) is 0.325. The van der Waals surface area contributed by atoms with Crippen LogP contribution in [0, 0.1) is 12.8 Å². The third kappa shape index (κ3) is 6.88. The number of ketones is 1. The third-order valence-electron chi connectivity index (χ3n) is 10.0. The van der Waals surface area contributed by atoms with E-state index in [-0.39, 0.29) is 33.6 Å². The number of hydrogen-bond donors (Lipinski definition) is 1. The summed E-state index contributed by atoms with van der Waals surface area (Å²) >= 11 is 0. The molecule has 3 heterocycles. The van der Waals surface area contributed by atoms with Gasteiger partial charge in [-0.15, -0.1) is 0 Å². The van der Waals surface area contributed by atoms with Gasteiger partial charge in [-0.05, 0) is 87.4 Å². The summed E-state index contributed by atoms with van der Waals surface area (Å²) in [6.45, 7) is 6.81. The lowest BCUT2D eigenvalue weighted by Crippen LogP contribution is -2.53. The maximum atomic E-state index is 14.5. The Morgan fingerprint density at radius 2 is 1.58 bits per heavy atom. The number of anilines is 1. The van der Waals surface area contributed by atoms with Gasteiger partial charge in [-0.3, -0.25) is 9.69 Å². The number of fused-ring (bicyclic) bond motifs is 4. The summed E-state index contributed by atoms with van der Waals surface area (Å²) in [5.74, 6) is -1.19. The Bertz CT molecular complexity index is 2290. The van der Waals surface area contributed by atoms with E-state index in [0.717, 1.165) is 36.7 Å². The number of benzene rings is 3. The Labute approximate surface area is 308 Å². The number of likely N-dealkylation sites (tertiary alicyclic amines) is 1. The average molecular weight is 736 g/mol. The molecule has 1 aliphatic carbocycles. The Morgan fingerprint density at radius 1 is 0.943 bits per heavy atom. The second kappa shape index (κ2) is 13.8. The van der Waals surface area contributed by atoms with Crippen LogP contribution in [0.3, 0.4) is 0 Å². The summed E-state index contributed by atoms with van der Waals surface area (Å²) in [6, 6.07) is 23.4. The molecule has 7 rings (SSSR count). The van der Waals surface area contributed by atoms with E-state index in [1.165, 1.54) is 35.5 Å². The minimum Gasteiger partial charge on any atom is -0.465 e. The molecule has 0 spiro atoms. The maximum Gasteiger partial charge on any atom is 0.416 e. The molecule has 0 bridgehead atoms. The normalized spacial score (nSPS) is 17.3. The molecule has 2 aliphatic rings. The van der Waals surface area contributed by atoms with Crippen molar-refractivity contribution in [3.63, 3.8) is 0 Å². The van der Waals surface area contributed by atoms with Crippen molar-refractivity contribution in [2.75, 3.05) is 18.0 Å². The van der Waals surface area contributed by atoms with Gasteiger partial charge in [0.25, 0.3) is 10.0 Å². The Hall–Kier alpha value is -5.56. The summed E-state index contributed by atoms with van der Waals surface area (Å²) in [4.78, 5) is 52.5. The van der Waals surface area contributed by atoms with Crippen LogP contribution in [0.2, 0.25) is 0 Å². The molecule has 1 saturated heterocycles. The molecule has 2 atom stereocenters. The summed E-state index contributed by atoms with van der Waals surface area (Å²) in [5.41, 5.74) is 4.59. The van der Waals surface area contributed by atoms with Crippen LogP contribution in [-0.4, -0.2) is 75.1 Å². The molecule has 53 heavy (non-hydrogen) atoms. The van der Waals surface area contributed by atoms with Gasteiger partial charge in [-0.25, -0.2) is 31.9 Å². The minimum absolute atomic E-state index is 0.00770. The SMILES string of the molecule is Cc1ccc(S(=O)(=O)n2ccc3nc(N(CC(=O)C4CCCN(C(=O)O)[C@@H]4CC4c5ccccc5-c5ccccc54)C(=O)OC(C)(C)C)cnc32)cc1. The van der Waals surface area contributed by atoms with Gasteiger partial charge in [-0.1, -0.05) is 66.2 Å². The molecule has 1 fully saturated rings. The molecule has 13 heteroatoms. The van der Waals surface area contributed by atoms with E-state index in [1.54, 1.807) is 32.9 Å². The number of amides is 2. The molecule has 1 unspecified atom stereocenters. The standard InChI is InChI=1S/C40H41N5O7S/c1-25-15-17-26(18-16-25)53(50,51)45-21-19-33-37(45)41-23-36(42-33)44(39(49)52-40(2,3)4)24-35(46)31-14-9-20-43(38(47)48)34(31)22-32-29-12-7-5-10-27(29)28-11-6-8-13-30(28)32/h5-8,10-13,15-19,21,23,31-32,34H,9,14,20,22,24H2,1-4H3,(H,47,48)/t31?,34-/m1/s1. The molecule has 0 radical (unpaired) electrons. The average Bonchev–Trinajstić information content (AvgIpc) is 3.69. The van der Waals surface area contributed by atoms with Gasteiger partial charge in [0.2, 0.25) is 0 Å². The van der Waals surface area contributed by atoms with Crippen LogP contribution in [0.5, 0.6) is 0 Å². The Kier molecular flexibility index (Phi) is 9.31. The highest BCUT2D eigenvalue weighted by Crippen LogP contribution is 2.48. The minimum atomic E-state index is -4.01. The zero-order valence-corrected chi connectivity index (χ0v) is 30.8. The van der Waals surface area contributed by atoms with Crippen LogP contribution < -0.4 is 4.90 Å². The van der Waals surface area contributed by atoms with Gasteiger partial charge < -0.3 is 14.7 Å². The first-order valence-electron chi connectivity index (χ1n) is 17.6. The van der Waals surface area contributed by atoms with E-state index in [2.05, 4.69) is 34.2 Å². The zero-order chi connectivity index (χ0) is 37.7. The van der Waals surface area contributed by atoms with E-state index < -0.39 is 46.3 Å². The van der Waals surface area contributed by atoms with Crippen LogP contribution in [0.25, 0.3) is 22.3 Å². The van der Waals surface area contributed by atoms with Gasteiger partial charge >= 0.3 is 12.2 Å². The van der Waals surface area contributed by atoms with Crippen molar-refractivity contribution in [2.24, 2.45) is 5.92 Å². The van der Waals surface area contributed by atoms with Gasteiger partial charge in [-0.2, -0.15) is 0 Å². The largest absolute Gasteiger partial charge is 0.465 e. The number of nitrogens with zero attached hydrogens (tertiary/aromatic N) is 5. The third-order valence-corrected chi connectivity index (χ3v) is 11.7. The molecule has 1 aliphatic heterocycles. The van der Waals surface area contributed by atoms with Crippen LogP contribution >= 0.6 is 0 Å². The highest BCUT2D eigenvalue weighted by molar-refractivity contribution is 7.90. The molecule has 2 aromatic heterocycles. The highest BCUT2D eigenvalue weighted by Gasteiger charge is 2.43. The maximum absolute atomic E-state index is 14.5. The summed E-state index contributed by atoms with van der Waals surface area (Å²) in [5, 5.41) is 10.4. The van der Waals surface area contributed by atoms with Crippen LogP contribution in [0.4, 0.5) is 15.4 Å². The van der Waals surface area contributed by atoms with Gasteiger partial charge in [0.15, 0.2) is 17.2 Å². The van der Waals surface area contributed by atoms with Gasteiger partial charge in [0.1, 0.15) is 11.1 Å². The number of ether oxygens (including phenoxy) is 1. The van der Waals surface area contributed by atoms with E-state index in [0.29, 0.717) is 25.8 Å². The molecule has 274 valence electrons. The summed E-state index contributed by atoms with van der Waals surface area (Å²) < 4.78 is 33.8. The lowest BCUT2D eigenvalue weighted by Gasteiger charge is -2.41. The van der Waals surface area contributed by atoms with Crippen molar-refractivity contribution in [1.82, 2.24) is 18.8 Å². The molecule has 12 nitrogen and oxygen atoms in total. The number of rotatable bonds is 8. The molecular weight excluding hydrogens is 695 g/mol. The van der Waals surface area contributed by atoms with Crippen LogP contribution in [0.1, 0.15) is 62.6 Å². The second-order valence-corrected chi connectivity index (χ2v) is 16.5. The Balaban J connectivity index is 1.22. The number of Topliss-reactive ketones (excluding diaryl/α,β-unsaturated/α-hetero) is 1. The lowest BCUT2D eigenvalue weighted by atomic mass is 9.78. The molecule has 3 aromatic carbocycles. The quantitative estimate of drug-likeness (QED) is 0.174. The van der Waals surface area contributed by atoms with E-state index >= 15 is 0 Å². The number of hydrogen-bond acceptors (Lipinski definition) is 8. The van der Waals surface area contributed by atoms with Crippen molar-refractivity contribution in [3.05, 3.63) is 108 Å². The molecule has 1 N–H and O–H groups in total. The summed E-state index contributed by atoms with van der Waals surface area (Å²) in [7, 11) is -4.01. The number of carboxylic acid groups (broad SMARTS) is 1. The zero-order valence-electron chi connectivity index (χ0n) is 30.0. The van der Waals surface area contributed by atoms with Gasteiger partial charge in [0.05, 0.1) is 17.6 Å². The summed E-state index contributed by atoms with van der Waals surface area (Å²) in [6.07, 6.45) is 1.96. The topological polar surface area (TPSA) is 152 Å². The fourth-order valence-corrected chi connectivity index (χ4v) is 8.87. The van der Waals surface area contributed by atoms with Crippen molar-refractivity contribution in [3.8, 4) is 11.1 Å². The number of aromatic nitrogens is 3. The van der Waals surface area contributed by atoms with Crippen molar-refractivity contribution in [2.45, 2.75) is 69.4 Å². The van der Waals surface area contributed by atoms with E-state index in [9.17, 15) is 27.9 Å². The Morgan fingerprint density at radius 3 is 2.21 bits per heavy atom. The molecule has 2 amide bonds. The molecule has 5 aromatic rings. The highest BCUT2D eigenvalue weighted by atomic mass is 32.2. The molecular formula is C40H41N5O7S. The monoisotopic (exact) mass is 735 g/mol. The fourth-order valence-electron chi connectivity index (χ4n) is 7.57. The van der Waals surface area contributed by atoms with E-state index in [4.69, 9.17) is 4.74 Å². The first kappa shape index (κ1) is 35.8. The van der Waals surface area contributed by atoms with Crippen LogP contribution in [0.15, 0.2) is 96.2 Å². The van der Waals surface area contributed by atoms with Crippen LogP contribution in [-0.2, 0) is 19.6 Å². The smallest absolute Gasteiger partial charge is 0.416 e. The van der Waals surface area contributed by atoms with Gasteiger partial charge in [0, 0.05) is 30.6 Å².